The van der Waals surface area contributed by atoms with Crippen LogP contribution in [0.4, 0.5) is 10.5 Å². The van der Waals surface area contributed by atoms with Crippen LogP contribution in [-0.2, 0) is 13.1 Å². The second-order valence-corrected chi connectivity index (χ2v) is 8.42. The predicted molar refractivity (Wildman–Crippen MR) is 132 cm³/mol. The van der Waals surface area contributed by atoms with Crippen molar-refractivity contribution in [1.29, 1.82) is 0 Å². The number of methoxy groups -OCH3 is 1. The number of nitrogens with two attached hydrogens (primary N) is 1. The van der Waals surface area contributed by atoms with Gasteiger partial charge in [0.15, 0.2) is 11.5 Å². The van der Waals surface area contributed by atoms with E-state index in [0.717, 1.165) is 42.4 Å². The van der Waals surface area contributed by atoms with Crippen molar-refractivity contribution in [2.75, 3.05) is 25.6 Å². The minimum absolute atomic E-state index is 0.293. The van der Waals surface area contributed by atoms with E-state index in [1.165, 1.54) is 0 Å². The van der Waals surface area contributed by atoms with Crippen LogP contribution in [0.2, 0.25) is 0 Å². The summed E-state index contributed by atoms with van der Waals surface area (Å²) in [6.45, 7) is 6.84. The number of carbonyl (C=O) groups is 1. The fourth-order valence-electron chi connectivity index (χ4n) is 3.63. The van der Waals surface area contributed by atoms with Crippen LogP contribution in [0.3, 0.4) is 0 Å². The lowest BCUT2D eigenvalue weighted by Gasteiger charge is -2.14. The monoisotopic (exact) mass is 453 g/mol. The van der Waals surface area contributed by atoms with Crippen molar-refractivity contribution < 1.29 is 14.3 Å². The number of ether oxygens (including phenoxy) is 2. The van der Waals surface area contributed by atoms with Gasteiger partial charge in [-0.05, 0) is 61.6 Å². The molecule has 0 aliphatic carbocycles. The van der Waals surface area contributed by atoms with Crippen molar-refractivity contribution in [3.05, 3.63) is 48.3 Å². The fraction of sp³-hybridized carbons (Fsp3) is 0.440. The summed E-state index contributed by atoms with van der Waals surface area (Å²) in [7, 11) is 1.61. The van der Waals surface area contributed by atoms with Crippen molar-refractivity contribution in [3.63, 3.8) is 0 Å². The number of benzene rings is 1. The summed E-state index contributed by atoms with van der Waals surface area (Å²) in [4.78, 5) is 17.0. The lowest BCUT2D eigenvalue weighted by Crippen LogP contribution is -2.28. The van der Waals surface area contributed by atoms with E-state index in [1.54, 1.807) is 31.5 Å². The van der Waals surface area contributed by atoms with Crippen molar-refractivity contribution in [2.24, 2.45) is 11.7 Å². The van der Waals surface area contributed by atoms with Gasteiger partial charge >= 0.3 is 6.03 Å². The number of hydrogen-bond donors (Lipinski definition) is 3. The largest absolute Gasteiger partial charge is 0.493 e. The molecule has 8 heteroatoms. The molecule has 8 nitrogen and oxygen atoms in total. The molecule has 0 spiro atoms. The molecule has 3 aromatic rings. The van der Waals surface area contributed by atoms with Gasteiger partial charge in [0, 0.05) is 42.6 Å². The fourth-order valence-corrected chi connectivity index (χ4v) is 3.63. The lowest BCUT2D eigenvalue weighted by molar-refractivity contribution is 0.251. The molecule has 0 radical (unpaired) electrons. The molecule has 0 bridgehead atoms. The number of fused-ring (bicyclic) bond motifs is 1. The molecule has 2 heterocycles. The highest BCUT2D eigenvalue weighted by Gasteiger charge is 2.11. The maximum Gasteiger partial charge on any atom is 0.319 e. The van der Waals surface area contributed by atoms with Gasteiger partial charge in [-0.1, -0.05) is 13.8 Å². The number of hydrogen-bond acceptors (Lipinski definition) is 5. The quantitative estimate of drug-likeness (QED) is 0.350. The van der Waals surface area contributed by atoms with Crippen LogP contribution in [0.25, 0.3) is 11.0 Å². The molecule has 178 valence electrons. The number of amides is 2. The molecule has 0 aliphatic heterocycles. The molecule has 4 N–H and O–H groups in total. The lowest BCUT2D eigenvalue weighted by atomic mass is 10.1. The van der Waals surface area contributed by atoms with Gasteiger partial charge in [0.25, 0.3) is 0 Å². The van der Waals surface area contributed by atoms with E-state index in [9.17, 15) is 4.79 Å². The van der Waals surface area contributed by atoms with Gasteiger partial charge in [0.1, 0.15) is 5.65 Å². The van der Waals surface area contributed by atoms with E-state index in [4.69, 9.17) is 15.2 Å². The SMILES string of the molecule is COc1ccc(NC(=O)NCc2ccnc3c2ccn3CCCN)cc1OCCCC(C)C. The Balaban J connectivity index is 1.59. The highest BCUT2D eigenvalue weighted by Crippen LogP contribution is 2.30. The second kappa shape index (κ2) is 12.1. The highest BCUT2D eigenvalue weighted by molar-refractivity contribution is 5.90. The van der Waals surface area contributed by atoms with Crippen molar-refractivity contribution in [3.8, 4) is 11.5 Å². The number of urea groups is 1. The first-order valence-electron chi connectivity index (χ1n) is 11.5. The third-order valence-corrected chi connectivity index (χ3v) is 5.40. The van der Waals surface area contributed by atoms with Gasteiger partial charge in [-0.25, -0.2) is 9.78 Å². The molecule has 0 unspecified atom stereocenters. The predicted octanol–water partition coefficient (Wildman–Crippen LogP) is 4.53. The molecule has 0 saturated carbocycles. The summed E-state index contributed by atoms with van der Waals surface area (Å²) >= 11 is 0. The first-order chi connectivity index (χ1) is 16.0. The number of rotatable bonds is 12. The molecule has 2 amide bonds. The summed E-state index contributed by atoms with van der Waals surface area (Å²) in [5.41, 5.74) is 8.17. The smallest absolute Gasteiger partial charge is 0.319 e. The van der Waals surface area contributed by atoms with E-state index in [-0.39, 0.29) is 6.03 Å². The second-order valence-electron chi connectivity index (χ2n) is 8.42. The van der Waals surface area contributed by atoms with E-state index in [2.05, 4.69) is 34.0 Å². The number of nitrogens with one attached hydrogen (secondary N) is 2. The van der Waals surface area contributed by atoms with E-state index < -0.39 is 0 Å². The van der Waals surface area contributed by atoms with Gasteiger partial charge in [0.2, 0.25) is 0 Å². The normalized spacial score (nSPS) is 11.1. The summed E-state index contributed by atoms with van der Waals surface area (Å²) in [5, 5.41) is 6.82. The molecule has 1 aromatic carbocycles. The number of anilines is 1. The summed E-state index contributed by atoms with van der Waals surface area (Å²) in [5.74, 6) is 1.90. The minimum Gasteiger partial charge on any atom is -0.493 e. The Kier molecular flexibility index (Phi) is 8.95. The average molecular weight is 454 g/mol. The Labute approximate surface area is 195 Å². The van der Waals surface area contributed by atoms with Crippen molar-refractivity contribution in [1.82, 2.24) is 14.9 Å². The summed E-state index contributed by atoms with van der Waals surface area (Å²) in [6, 6.07) is 9.03. The van der Waals surface area contributed by atoms with Crippen LogP contribution in [-0.4, -0.2) is 35.8 Å². The molecular weight excluding hydrogens is 418 g/mol. The zero-order chi connectivity index (χ0) is 23.6. The number of pyridine rings is 1. The van der Waals surface area contributed by atoms with Gasteiger partial charge < -0.3 is 30.4 Å². The molecule has 2 aromatic heterocycles. The van der Waals surface area contributed by atoms with E-state index in [1.807, 2.05) is 18.3 Å². The Hall–Kier alpha value is -3.26. The molecule has 0 aliphatic rings. The van der Waals surface area contributed by atoms with Crippen molar-refractivity contribution in [2.45, 2.75) is 46.2 Å². The first kappa shape index (κ1) is 24.4. The number of aromatic nitrogens is 2. The Morgan fingerprint density at radius 1 is 1.18 bits per heavy atom. The Morgan fingerprint density at radius 3 is 2.79 bits per heavy atom. The first-order valence-corrected chi connectivity index (χ1v) is 11.5. The van der Waals surface area contributed by atoms with Crippen LogP contribution in [0, 0.1) is 5.92 Å². The third kappa shape index (κ3) is 6.86. The number of aryl methyl sites for hydroxylation is 1. The standard InChI is InChI=1S/C25H35N5O3/c1-18(2)6-4-15-33-23-16-20(7-8-22(23)32-3)29-25(31)28-17-19-9-12-27-24-21(19)10-14-30(24)13-5-11-26/h7-10,12,14,16,18H,4-6,11,13,15,17,26H2,1-3H3,(H2,28,29,31). The maximum absolute atomic E-state index is 12.5. The zero-order valence-electron chi connectivity index (χ0n) is 19.8. The Bertz CT molecular complexity index is 1050. The van der Waals surface area contributed by atoms with Gasteiger partial charge in [0.05, 0.1) is 13.7 Å². The molecule has 0 atom stereocenters. The summed E-state index contributed by atoms with van der Waals surface area (Å²) < 4.78 is 13.4. The average Bonchev–Trinajstić information content (AvgIpc) is 3.23. The molecule has 33 heavy (non-hydrogen) atoms. The van der Waals surface area contributed by atoms with Gasteiger partial charge in [-0.3, -0.25) is 0 Å². The molecule has 0 saturated heterocycles. The van der Waals surface area contributed by atoms with E-state index >= 15 is 0 Å². The van der Waals surface area contributed by atoms with Crippen LogP contribution in [0.15, 0.2) is 42.7 Å². The van der Waals surface area contributed by atoms with E-state index in [0.29, 0.717) is 42.8 Å². The molecule has 0 fully saturated rings. The van der Waals surface area contributed by atoms with Crippen LogP contribution in [0.1, 0.15) is 38.7 Å². The maximum atomic E-state index is 12.5. The molecular formula is C25H35N5O3. The van der Waals surface area contributed by atoms with Crippen molar-refractivity contribution >= 4 is 22.8 Å². The Morgan fingerprint density at radius 2 is 2.03 bits per heavy atom. The molecule has 3 rings (SSSR count). The van der Waals surface area contributed by atoms with Crippen LogP contribution in [0.5, 0.6) is 11.5 Å². The summed E-state index contributed by atoms with van der Waals surface area (Å²) in [6.07, 6.45) is 6.73. The highest BCUT2D eigenvalue weighted by atomic mass is 16.5. The number of nitrogens with zero attached hydrogens (tertiary/aromatic N) is 2. The third-order valence-electron chi connectivity index (χ3n) is 5.40. The topological polar surface area (TPSA) is 103 Å². The van der Waals surface area contributed by atoms with Crippen LogP contribution < -0.4 is 25.8 Å². The van der Waals surface area contributed by atoms with Crippen LogP contribution >= 0.6 is 0 Å². The number of carbonyl (C=O) groups excluding carboxylic acids is 1. The zero-order valence-corrected chi connectivity index (χ0v) is 19.8. The van der Waals surface area contributed by atoms with Gasteiger partial charge in [-0.2, -0.15) is 0 Å². The van der Waals surface area contributed by atoms with Gasteiger partial charge in [-0.15, -0.1) is 0 Å². The minimum atomic E-state index is -0.293.